The number of ether oxygens (including phenoxy) is 3. The number of carbonyl (C=O) groups is 2. The second kappa shape index (κ2) is 7.13. The van der Waals surface area contributed by atoms with Gasteiger partial charge in [-0.2, -0.15) is 5.26 Å². The molecule has 0 unspecified atom stereocenters. The lowest BCUT2D eigenvalue weighted by Gasteiger charge is -2.17. The highest BCUT2D eigenvalue weighted by Crippen LogP contribution is 2.15. The summed E-state index contributed by atoms with van der Waals surface area (Å²) in [7, 11) is 0. The number of carbonyl (C=O) groups excluding carboxylic acids is 2. The van der Waals surface area contributed by atoms with Gasteiger partial charge in [0, 0.05) is 0 Å². The molecule has 1 aliphatic heterocycles. The first-order valence-corrected chi connectivity index (χ1v) is 6.57. The van der Waals surface area contributed by atoms with Crippen molar-refractivity contribution in [2.45, 2.75) is 13.0 Å². The summed E-state index contributed by atoms with van der Waals surface area (Å²) in [6, 6.07) is 8.50. The van der Waals surface area contributed by atoms with Crippen molar-refractivity contribution in [3.05, 3.63) is 41.9 Å². The van der Waals surface area contributed by atoms with Crippen LogP contribution in [0.3, 0.4) is 0 Å². The average molecular weight is 302 g/mol. The SMILES string of the molecule is C[C@@H](OC(=O)C1=COCCO1)C(=O)Nc1ccccc1C#N. The van der Waals surface area contributed by atoms with E-state index in [4.69, 9.17) is 19.5 Å². The second-order valence-corrected chi connectivity index (χ2v) is 4.40. The maximum atomic E-state index is 12.0. The minimum Gasteiger partial charge on any atom is -0.493 e. The second-order valence-electron chi connectivity index (χ2n) is 4.40. The summed E-state index contributed by atoms with van der Waals surface area (Å²) in [4.78, 5) is 23.8. The van der Waals surface area contributed by atoms with Crippen molar-refractivity contribution in [2.24, 2.45) is 0 Å². The molecule has 114 valence electrons. The first-order chi connectivity index (χ1) is 10.6. The highest BCUT2D eigenvalue weighted by molar-refractivity contribution is 5.97. The number of para-hydroxylation sites is 1. The largest absolute Gasteiger partial charge is 0.493 e. The van der Waals surface area contributed by atoms with Crippen molar-refractivity contribution < 1.29 is 23.8 Å². The van der Waals surface area contributed by atoms with Crippen molar-refractivity contribution in [3.8, 4) is 6.07 Å². The summed E-state index contributed by atoms with van der Waals surface area (Å²) in [5, 5.41) is 11.5. The Morgan fingerprint density at radius 3 is 2.82 bits per heavy atom. The van der Waals surface area contributed by atoms with Crippen LogP contribution in [0.25, 0.3) is 0 Å². The molecule has 1 N–H and O–H groups in total. The molecule has 1 atom stereocenters. The van der Waals surface area contributed by atoms with Gasteiger partial charge in [-0.3, -0.25) is 4.79 Å². The third-order valence-electron chi connectivity index (χ3n) is 2.81. The molecule has 7 nitrogen and oxygen atoms in total. The van der Waals surface area contributed by atoms with Crippen LogP contribution in [0.15, 0.2) is 36.3 Å². The van der Waals surface area contributed by atoms with Crippen LogP contribution in [0.1, 0.15) is 12.5 Å². The fraction of sp³-hybridized carbons (Fsp3) is 0.267. The molecule has 0 radical (unpaired) electrons. The molecule has 0 saturated carbocycles. The van der Waals surface area contributed by atoms with Gasteiger partial charge >= 0.3 is 5.97 Å². The van der Waals surface area contributed by atoms with E-state index in [2.05, 4.69) is 5.32 Å². The van der Waals surface area contributed by atoms with E-state index in [-0.39, 0.29) is 12.4 Å². The molecule has 0 saturated heterocycles. The van der Waals surface area contributed by atoms with Crippen molar-refractivity contribution in [2.75, 3.05) is 18.5 Å². The Kier molecular flexibility index (Phi) is 4.98. The molecule has 0 aliphatic carbocycles. The number of rotatable bonds is 4. The number of hydrogen-bond donors (Lipinski definition) is 1. The average Bonchev–Trinajstić information content (AvgIpc) is 2.56. The molecule has 1 heterocycles. The number of benzene rings is 1. The number of nitrogens with zero attached hydrogens (tertiary/aromatic N) is 1. The molecule has 1 aromatic rings. The number of nitriles is 1. The molecule has 2 rings (SSSR count). The van der Waals surface area contributed by atoms with Crippen LogP contribution in [0.4, 0.5) is 5.69 Å². The Hall–Kier alpha value is -3.01. The molecule has 0 aromatic heterocycles. The van der Waals surface area contributed by atoms with Gasteiger partial charge in [0.15, 0.2) is 6.10 Å². The van der Waals surface area contributed by atoms with Gasteiger partial charge in [0.05, 0.1) is 11.3 Å². The molecule has 1 amide bonds. The summed E-state index contributed by atoms with van der Waals surface area (Å²) in [6.45, 7) is 2.03. The normalized spacial score (nSPS) is 14.5. The third kappa shape index (κ3) is 3.76. The lowest BCUT2D eigenvalue weighted by Crippen LogP contribution is -2.31. The number of anilines is 1. The highest BCUT2D eigenvalue weighted by atomic mass is 16.6. The monoisotopic (exact) mass is 302 g/mol. The van der Waals surface area contributed by atoms with E-state index < -0.39 is 18.0 Å². The predicted octanol–water partition coefficient (Wildman–Crippen LogP) is 1.32. The summed E-state index contributed by atoms with van der Waals surface area (Å²) < 4.78 is 15.0. The molecular weight excluding hydrogens is 288 g/mol. The van der Waals surface area contributed by atoms with Crippen LogP contribution in [0.5, 0.6) is 0 Å². The predicted molar refractivity (Wildman–Crippen MR) is 75.3 cm³/mol. The van der Waals surface area contributed by atoms with E-state index in [1.807, 2.05) is 6.07 Å². The molecule has 0 fully saturated rings. The summed E-state index contributed by atoms with van der Waals surface area (Å²) >= 11 is 0. The van der Waals surface area contributed by atoms with Gasteiger partial charge in [-0.15, -0.1) is 0 Å². The maximum Gasteiger partial charge on any atom is 0.377 e. The van der Waals surface area contributed by atoms with Gasteiger partial charge in [-0.05, 0) is 19.1 Å². The van der Waals surface area contributed by atoms with Crippen LogP contribution >= 0.6 is 0 Å². The van der Waals surface area contributed by atoms with E-state index in [0.717, 1.165) is 6.26 Å². The Labute approximate surface area is 127 Å². The molecular formula is C15H14N2O5. The Bertz CT molecular complexity index is 648. The lowest BCUT2D eigenvalue weighted by molar-refractivity contribution is -0.153. The first kappa shape index (κ1) is 15.4. The fourth-order valence-electron chi connectivity index (χ4n) is 1.67. The third-order valence-corrected chi connectivity index (χ3v) is 2.81. The zero-order valence-electron chi connectivity index (χ0n) is 11.9. The molecule has 0 spiro atoms. The van der Waals surface area contributed by atoms with Crippen molar-refractivity contribution in [1.29, 1.82) is 5.26 Å². The van der Waals surface area contributed by atoms with Crippen molar-refractivity contribution in [1.82, 2.24) is 0 Å². The van der Waals surface area contributed by atoms with Crippen molar-refractivity contribution >= 4 is 17.6 Å². The highest BCUT2D eigenvalue weighted by Gasteiger charge is 2.23. The first-order valence-electron chi connectivity index (χ1n) is 6.57. The molecule has 0 bridgehead atoms. The van der Waals surface area contributed by atoms with Crippen molar-refractivity contribution in [3.63, 3.8) is 0 Å². The topological polar surface area (TPSA) is 97.7 Å². The molecule has 1 aliphatic rings. The van der Waals surface area contributed by atoms with Crippen LogP contribution in [-0.4, -0.2) is 31.2 Å². The fourth-order valence-corrected chi connectivity index (χ4v) is 1.67. The van der Waals surface area contributed by atoms with Crippen LogP contribution in [-0.2, 0) is 23.8 Å². The lowest BCUT2D eigenvalue weighted by atomic mass is 10.2. The quantitative estimate of drug-likeness (QED) is 0.842. The van der Waals surface area contributed by atoms with E-state index >= 15 is 0 Å². The number of amides is 1. The Morgan fingerprint density at radius 1 is 1.36 bits per heavy atom. The smallest absolute Gasteiger partial charge is 0.377 e. The summed E-state index contributed by atoms with van der Waals surface area (Å²) in [5.41, 5.74) is 0.676. The molecule has 22 heavy (non-hydrogen) atoms. The van der Waals surface area contributed by atoms with Gasteiger partial charge < -0.3 is 19.5 Å². The van der Waals surface area contributed by atoms with Gasteiger partial charge in [-0.1, -0.05) is 12.1 Å². The zero-order chi connectivity index (χ0) is 15.9. The number of nitrogens with one attached hydrogen (secondary N) is 1. The van der Waals surface area contributed by atoms with Crippen LogP contribution < -0.4 is 5.32 Å². The van der Waals surface area contributed by atoms with E-state index in [9.17, 15) is 9.59 Å². The maximum absolute atomic E-state index is 12.0. The minimum atomic E-state index is -1.05. The number of hydrogen-bond acceptors (Lipinski definition) is 6. The van der Waals surface area contributed by atoms with Gasteiger partial charge in [0.25, 0.3) is 5.91 Å². The van der Waals surface area contributed by atoms with Crippen LogP contribution in [0, 0.1) is 11.3 Å². The van der Waals surface area contributed by atoms with Gasteiger partial charge in [0.1, 0.15) is 25.5 Å². The van der Waals surface area contributed by atoms with Gasteiger partial charge in [0.2, 0.25) is 5.76 Å². The summed E-state index contributed by atoms with van der Waals surface area (Å²) in [6.07, 6.45) is 0.104. The summed E-state index contributed by atoms with van der Waals surface area (Å²) in [5.74, 6) is -1.41. The standard InChI is InChI=1S/C15H14N2O5/c1-10(22-15(19)13-9-20-6-7-21-13)14(18)17-12-5-3-2-4-11(12)8-16/h2-5,9-10H,6-7H2,1H3,(H,17,18)/t10-/m1/s1. The number of esters is 1. The van der Waals surface area contributed by atoms with E-state index in [1.54, 1.807) is 24.3 Å². The van der Waals surface area contributed by atoms with Crippen LogP contribution in [0.2, 0.25) is 0 Å². The zero-order valence-corrected chi connectivity index (χ0v) is 11.9. The molecule has 7 heteroatoms. The van der Waals surface area contributed by atoms with Gasteiger partial charge in [-0.25, -0.2) is 4.79 Å². The van der Waals surface area contributed by atoms with E-state index in [0.29, 0.717) is 17.9 Å². The minimum absolute atomic E-state index is 0.0803. The Balaban J connectivity index is 1.96. The Morgan fingerprint density at radius 2 is 2.14 bits per heavy atom. The van der Waals surface area contributed by atoms with E-state index in [1.165, 1.54) is 6.92 Å². The molecule has 1 aromatic carbocycles.